The van der Waals surface area contributed by atoms with Crippen LogP contribution in [0.25, 0.3) is 0 Å². The number of carbonyl (C=O) groups excluding carboxylic acids is 1. The van der Waals surface area contributed by atoms with Crippen molar-refractivity contribution in [2.45, 2.75) is 45.3 Å². The van der Waals surface area contributed by atoms with E-state index in [0.717, 1.165) is 25.6 Å². The lowest BCUT2D eigenvalue weighted by atomic mass is 9.57. The molecule has 0 unspecified atom stereocenters. The van der Waals surface area contributed by atoms with Gasteiger partial charge in [0.1, 0.15) is 0 Å². The van der Waals surface area contributed by atoms with E-state index in [2.05, 4.69) is 24.5 Å². The Morgan fingerprint density at radius 1 is 1.35 bits per heavy atom. The van der Waals surface area contributed by atoms with Gasteiger partial charge in [-0.05, 0) is 25.2 Å². The van der Waals surface area contributed by atoms with Crippen molar-refractivity contribution in [1.29, 1.82) is 0 Å². The molecule has 1 aliphatic heterocycles. The molecule has 2 amide bonds. The molecule has 2 saturated carbocycles. The Bertz CT molecular complexity index is 368. The lowest BCUT2D eigenvalue weighted by Crippen LogP contribution is -2.67. The third kappa shape index (κ3) is 2.79. The Hall–Kier alpha value is -0.810. The molecule has 0 aromatic rings. The highest BCUT2D eigenvalue weighted by molar-refractivity contribution is 5.74. The average Bonchev–Trinajstić information content (AvgIpc) is 3.11. The second-order valence-corrected chi connectivity index (χ2v) is 6.96. The van der Waals surface area contributed by atoms with Gasteiger partial charge in [-0.2, -0.15) is 0 Å². The van der Waals surface area contributed by atoms with Gasteiger partial charge in [0, 0.05) is 37.1 Å². The first kappa shape index (κ1) is 14.1. The van der Waals surface area contributed by atoms with E-state index in [1.807, 2.05) is 0 Å². The normalized spacial score (nSPS) is 34.2. The van der Waals surface area contributed by atoms with Crippen LogP contribution in [0.3, 0.4) is 0 Å². The zero-order chi connectivity index (χ0) is 14.2. The van der Waals surface area contributed by atoms with Crippen molar-refractivity contribution < 1.29 is 14.3 Å². The monoisotopic (exact) mass is 282 g/mol. The van der Waals surface area contributed by atoms with Gasteiger partial charge in [0.25, 0.3) is 0 Å². The zero-order valence-corrected chi connectivity index (χ0v) is 12.5. The highest BCUT2D eigenvalue weighted by Crippen LogP contribution is 2.51. The minimum Gasteiger partial charge on any atom is -0.379 e. The number of amides is 2. The average molecular weight is 282 g/mol. The van der Waals surface area contributed by atoms with Crippen molar-refractivity contribution in [3.63, 3.8) is 0 Å². The fourth-order valence-electron chi connectivity index (χ4n) is 3.58. The maximum Gasteiger partial charge on any atom is 0.315 e. The van der Waals surface area contributed by atoms with Gasteiger partial charge < -0.3 is 20.1 Å². The quantitative estimate of drug-likeness (QED) is 0.726. The molecule has 2 N–H and O–H groups in total. The lowest BCUT2D eigenvalue weighted by molar-refractivity contribution is -0.108. The maximum absolute atomic E-state index is 11.9. The van der Waals surface area contributed by atoms with Crippen LogP contribution in [-0.2, 0) is 9.47 Å². The topological polar surface area (TPSA) is 59.6 Å². The van der Waals surface area contributed by atoms with Crippen LogP contribution in [0.2, 0.25) is 0 Å². The molecule has 5 nitrogen and oxygen atoms in total. The molecule has 0 bridgehead atoms. The van der Waals surface area contributed by atoms with Crippen LogP contribution in [0.5, 0.6) is 0 Å². The van der Waals surface area contributed by atoms with Gasteiger partial charge in [-0.25, -0.2) is 4.79 Å². The molecule has 0 spiro atoms. The Morgan fingerprint density at radius 2 is 2.15 bits per heavy atom. The van der Waals surface area contributed by atoms with E-state index >= 15 is 0 Å². The summed E-state index contributed by atoms with van der Waals surface area (Å²) in [5.41, 5.74) is 0.0426. The molecule has 1 heterocycles. The number of hydrogen-bond acceptors (Lipinski definition) is 3. The molecule has 20 heavy (non-hydrogen) atoms. The van der Waals surface area contributed by atoms with Crippen LogP contribution < -0.4 is 10.6 Å². The van der Waals surface area contributed by atoms with Crippen molar-refractivity contribution in [1.82, 2.24) is 10.6 Å². The predicted molar refractivity (Wildman–Crippen MR) is 75.5 cm³/mol. The molecule has 2 aliphatic carbocycles. The van der Waals surface area contributed by atoms with Crippen LogP contribution in [0.1, 0.15) is 33.1 Å². The summed E-state index contributed by atoms with van der Waals surface area (Å²) in [7, 11) is 0. The molecule has 3 rings (SSSR count). The molecular weight excluding hydrogens is 256 g/mol. The molecule has 5 heteroatoms. The molecule has 0 aromatic carbocycles. The van der Waals surface area contributed by atoms with E-state index < -0.39 is 0 Å². The van der Waals surface area contributed by atoms with Gasteiger partial charge in [-0.1, -0.05) is 13.8 Å². The second-order valence-electron chi connectivity index (χ2n) is 6.96. The first-order valence-electron chi connectivity index (χ1n) is 7.83. The fraction of sp³-hybridized carbons (Fsp3) is 0.933. The van der Waals surface area contributed by atoms with E-state index in [4.69, 9.17) is 9.47 Å². The Morgan fingerprint density at radius 3 is 2.90 bits per heavy atom. The fourth-order valence-corrected chi connectivity index (χ4v) is 3.58. The number of carbonyl (C=O) groups is 1. The minimum absolute atomic E-state index is 0.0426. The molecule has 3 aliphatic rings. The third-order valence-electron chi connectivity index (χ3n) is 4.97. The van der Waals surface area contributed by atoms with E-state index in [0.29, 0.717) is 25.2 Å². The second kappa shape index (κ2) is 5.53. The van der Waals surface area contributed by atoms with Crippen LogP contribution in [0, 0.1) is 17.3 Å². The highest BCUT2D eigenvalue weighted by Gasteiger charge is 2.59. The standard InChI is InChI=1S/C15H26N2O3/c1-15(2)12(11-5-7-20-13(11)15)17-14(18)16-6-8-19-9-10-3-4-10/h10-13H,3-9H2,1-2H3,(H2,16,17,18)/t11-,12+,13+/m0/s1. The zero-order valence-electron chi connectivity index (χ0n) is 12.5. The molecule has 0 aromatic heterocycles. The minimum atomic E-state index is -0.0801. The van der Waals surface area contributed by atoms with Gasteiger partial charge >= 0.3 is 6.03 Å². The first-order chi connectivity index (χ1) is 9.59. The van der Waals surface area contributed by atoms with Crippen LogP contribution in [0.15, 0.2) is 0 Å². The van der Waals surface area contributed by atoms with Crippen molar-refractivity contribution in [3.05, 3.63) is 0 Å². The van der Waals surface area contributed by atoms with Crippen LogP contribution in [-0.4, -0.2) is 44.5 Å². The summed E-state index contributed by atoms with van der Waals surface area (Å²) < 4.78 is 11.2. The summed E-state index contributed by atoms with van der Waals surface area (Å²) in [4.78, 5) is 11.9. The molecule has 3 fully saturated rings. The molecule has 3 atom stereocenters. The summed E-state index contributed by atoms with van der Waals surface area (Å²) in [5.74, 6) is 1.26. The number of nitrogens with one attached hydrogen (secondary N) is 2. The summed E-state index contributed by atoms with van der Waals surface area (Å²) in [6, 6.07) is 0.144. The van der Waals surface area contributed by atoms with Gasteiger partial charge in [0.05, 0.1) is 12.7 Å². The van der Waals surface area contributed by atoms with Crippen LogP contribution >= 0.6 is 0 Å². The van der Waals surface area contributed by atoms with Gasteiger partial charge in [0.15, 0.2) is 0 Å². The van der Waals surface area contributed by atoms with E-state index in [9.17, 15) is 4.79 Å². The van der Waals surface area contributed by atoms with Gasteiger partial charge in [-0.3, -0.25) is 0 Å². The molecule has 1 saturated heterocycles. The Labute approximate surface area is 120 Å². The number of rotatable bonds is 6. The number of hydrogen-bond donors (Lipinski definition) is 2. The molecule has 0 radical (unpaired) electrons. The summed E-state index contributed by atoms with van der Waals surface area (Å²) in [6.07, 6.45) is 3.98. The Kier molecular flexibility index (Phi) is 3.91. The van der Waals surface area contributed by atoms with E-state index in [-0.39, 0.29) is 17.5 Å². The highest BCUT2D eigenvalue weighted by atomic mass is 16.5. The number of urea groups is 1. The summed E-state index contributed by atoms with van der Waals surface area (Å²) >= 11 is 0. The number of fused-ring (bicyclic) bond motifs is 1. The predicted octanol–water partition coefficient (Wildman–Crippen LogP) is 1.53. The SMILES string of the molecule is CC1(C)[C@H](NC(=O)NCCOCC2CC2)[C@@H]2CCO[C@H]21. The van der Waals surface area contributed by atoms with E-state index in [1.54, 1.807) is 0 Å². The first-order valence-corrected chi connectivity index (χ1v) is 7.83. The summed E-state index contributed by atoms with van der Waals surface area (Å²) in [6.45, 7) is 7.20. The molecule has 114 valence electrons. The van der Waals surface area contributed by atoms with Crippen LogP contribution in [0.4, 0.5) is 4.79 Å². The smallest absolute Gasteiger partial charge is 0.315 e. The largest absolute Gasteiger partial charge is 0.379 e. The van der Waals surface area contributed by atoms with Gasteiger partial charge in [-0.15, -0.1) is 0 Å². The number of ether oxygens (including phenoxy) is 2. The third-order valence-corrected chi connectivity index (χ3v) is 4.97. The van der Waals surface area contributed by atoms with Gasteiger partial charge in [0.2, 0.25) is 0 Å². The summed E-state index contributed by atoms with van der Waals surface area (Å²) in [5, 5.41) is 5.98. The van der Waals surface area contributed by atoms with Crippen molar-refractivity contribution >= 4 is 6.03 Å². The maximum atomic E-state index is 11.9. The lowest BCUT2D eigenvalue weighted by Gasteiger charge is -2.54. The van der Waals surface area contributed by atoms with Crippen molar-refractivity contribution in [3.8, 4) is 0 Å². The van der Waals surface area contributed by atoms with E-state index in [1.165, 1.54) is 12.8 Å². The van der Waals surface area contributed by atoms with Crippen molar-refractivity contribution in [2.75, 3.05) is 26.4 Å². The Balaban J connectivity index is 1.33. The molecular formula is C15H26N2O3. The van der Waals surface area contributed by atoms with Crippen molar-refractivity contribution in [2.24, 2.45) is 17.3 Å².